The Morgan fingerprint density at radius 3 is 2.64 bits per heavy atom. The molecule has 1 aromatic carbocycles. The van der Waals surface area contributed by atoms with Crippen LogP contribution in [0.5, 0.6) is 0 Å². The first-order valence-electron chi connectivity index (χ1n) is 9.87. The summed E-state index contributed by atoms with van der Waals surface area (Å²) >= 11 is 0. The van der Waals surface area contributed by atoms with E-state index in [2.05, 4.69) is 44.9 Å². The van der Waals surface area contributed by atoms with Gasteiger partial charge in [-0.15, -0.1) is 0 Å². The second-order valence-electron chi connectivity index (χ2n) is 7.76. The SMILES string of the molecule is Cc1cc(CNC(=O)C[C@@H]2C(=O)NCCN2C2Cc3ccccc3C2)nn1C. The molecule has 2 amide bonds. The van der Waals surface area contributed by atoms with Crippen molar-refractivity contribution in [3.8, 4) is 0 Å². The summed E-state index contributed by atoms with van der Waals surface area (Å²) in [4.78, 5) is 27.3. The van der Waals surface area contributed by atoms with Gasteiger partial charge < -0.3 is 10.6 Å². The van der Waals surface area contributed by atoms with E-state index in [9.17, 15) is 9.59 Å². The van der Waals surface area contributed by atoms with E-state index in [0.29, 0.717) is 13.1 Å². The Hall–Kier alpha value is -2.67. The van der Waals surface area contributed by atoms with Crippen molar-refractivity contribution in [1.29, 1.82) is 0 Å². The molecule has 148 valence electrons. The van der Waals surface area contributed by atoms with Crippen molar-refractivity contribution in [3.63, 3.8) is 0 Å². The highest BCUT2D eigenvalue weighted by Crippen LogP contribution is 2.28. The van der Waals surface area contributed by atoms with Crippen LogP contribution in [0.2, 0.25) is 0 Å². The number of aromatic nitrogens is 2. The number of nitrogens with zero attached hydrogens (tertiary/aromatic N) is 3. The van der Waals surface area contributed by atoms with Crippen molar-refractivity contribution >= 4 is 11.8 Å². The van der Waals surface area contributed by atoms with Gasteiger partial charge in [0.1, 0.15) is 0 Å². The van der Waals surface area contributed by atoms with Crippen molar-refractivity contribution in [2.24, 2.45) is 7.05 Å². The van der Waals surface area contributed by atoms with Crippen LogP contribution in [-0.4, -0.2) is 51.7 Å². The van der Waals surface area contributed by atoms with Gasteiger partial charge in [-0.1, -0.05) is 24.3 Å². The molecule has 7 heteroatoms. The van der Waals surface area contributed by atoms with Crippen molar-refractivity contribution in [3.05, 3.63) is 52.8 Å². The summed E-state index contributed by atoms with van der Waals surface area (Å²) in [7, 11) is 1.88. The third kappa shape index (κ3) is 3.80. The van der Waals surface area contributed by atoms with Crippen molar-refractivity contribution in [1.82, 2.24) is 25.3 Å². The lowest BCUT2D eigenvalue weighted by molar-refractivity contribution is -0.135. The number of fused-ring (bicyclic) bond motifs is 1. The van der Waals surface area contributed by atoms with Gasteiger partial charge in [0.25, 0.3) is 0 Å². The third-order valence-electron chi connectivity index (χ3n) is 5.88. The summed E-state index contributed by atoms with van der Waals surface area (Å²) < 4.78 is 1.79. The number of hydrogen-bond donors (Lipinski definition) is 2. The zero-order chi connectivity index (χ0) is 19.7. The van der Waals surface area contributed by atoms with Gasteiger partial charge in [-0.25, -0.2) is 0 Å². The van der Waals surface area contributed by atoms with E-state index in [4.69, 9.17) is 0 Å². The van der Waals surface area contributed by atoms with Gasteiger partial charge in [-0.3, -0.25) is 19.2 Å². The monoisotopic (exact) mass is 381 g/mol. The van der Waals surface area contributed by atoms with Crippen LogP contribution in [0.25, 0.3) is 0 Å². The average Bonchev–Trinajstić information content (AvgIpc) is 3.24. The number of piperazine rings is 1. The van der Waals surface area contributed by atoms with Crippen LogP contribution >= 0.6 is 0 Å². The molecule has 4 rings (SSSR count). The first kappa shape index (κ1) is 18.7. The molecule has 1 saturated heterocycles. The van der Waals surface area contributed by atoms with E-state index in [1.54, 1.807) is 4.68 Å². The van der Waals surface area contributed by atoms with E-state index < -0.39 is 6.04 Å². The minimum absolute atomic E-state index is 0.0500. The van der Waals surface area contributed by atoms with Crippen molar-refractivity contribution < 1.29 is 9.59 Å². The highest BCUT2D eigenvalue weighted by Gasteiger charge is 2.38. The van der Waals surface area contributed by atoms with Crippen LogP contribution in [0.3, 0.4) is 0 Å². The first-order chi connectivity index (χ1) is 13.5. The van der Waals surface area contributed by atoms with Gasteiger partial charge in [0.05, 0.1) is 24.7 Å². The minimum Gasteiger partial charge on any atom is -0.353 e. The highest BCUT2D eigenvalue weighted by atomic mass is 16.2. The summed E-state index contributed by atoms with van der Waals surface area (Å²) in [6.07, 6.45) is 2.05. The van der Waals surface area contributed by atoms with Gasteiger partial charge in [-0.05, 0) is 37.0 Å². The number of carbonyl (C=O) groups is 2. The minimum atomic E-state index is -0.418. The Kier molecular flexibility index (Phi) is 5.17. The van der Waals surface area contributed by atoms with Crippen LogP contribution in [0, 0.1) is 6.92 Å². The molecule has 2 heterocycles. The standard InChI is InChI=1S/C21H27N5O2/c1-14-9-17(24-25(14)2)13-23-20(27)12-19-21(28)22-7-8-26(19)18-10-15-5-3-4-6-16(15)11-18/h3-6,9,18-19H,7-8,10-13H2,1-2H3,(H,22,28)(H,23,27)/t19-/m1/s1. The van der Waals surface area contributed by atoms with E-state index >= 15 is 0 Å². The fourth-order valence-electron chi connectivity index (χ4n) is 4.31. The van der Waals surface area contributed by atoms with Crippen molar-refractivity contribution in [2.75, 3.05) is 13.1 Å². The molecule has 7 nitrogen and oxygen atoms in total. The number of nitrogens with one attached hydrogen (secondary N) is 2. The normalized spacial score (nSPS) is 20.1. The molecule has 1 fully saturated rings. The second kappa shape index (κ2) is 7.75. The summed E-state index contributed by atoms with van der Waals surface area (Å²) in [5, 5.41) is 10.2. The topological polar surface area (TPSA) is 79.3 Å². The van der Waals surface area contributed by atoms with Gasteiger partial charge >= 0.3 is 0 Å². The molecule has 1 aliphatic carbocycles. The Morgan fingerprint density at radius 2 is 2.00 bits per heavy atom. The van der Waals surface area contributed by atoms with E-state index in [-0.39, 0.29) is 24.3 Å². The molecule has 2 aliphatic rings. The zero-order valence-electron chi connectivity index (χ0n) is 16.4. The molecule has 0 spiro atoms. The fourth-order valence-corrected chi connectivity index (χ4v) is 4.31. The molecular weight excluding hydrogens is 354 g/mol. The third-order valence-corrected chi connectivity index (χ3v) is 5.88. The molecule has 2 aromatic rings. The van der Waals surface area contributed by atoms with E-state index in [0.717, 1.165) is 30.8 Å². The Balaban J connectivity index is 1.39. The summed E-state index contributed by atoms with van der Waals surface area (Å²) in [5.74, 6) is -0.170. The molecule has 1 aromatic heterocycles. The van der Waals surface area contributed by atoms with Crippen molar-refractivity contribution in [2.45, 2.75) is 44.8 Å². The largest absolute Gasteiger partial charge is 0.353 e. The molecular formula is C21H27N5O2. The van der Waals surface area contributed by atoms with Crippen LogP contribution < -0.4 is 10.6 Å². The second-order valence-corrected chi connectivity index (χ2v) is 7.76. The maximum atomic E-state index is 12.5. The van der Waals surface area contributed by atoms with Crippen LogP contribution in [0.1, 0.15) is 28.9 Å². The quantitative estimate of drug-likeness (QED) is 0.799. The Bertz CT molecular complexity index is 846. The number of amides is 2. The van der Waals surface area contributed by atoms with E-state index in [1.165, 1.54) is 11.1 Å². The van der Waals surface area contributed by atoms with Gasteiger partial charge in [0.2, 0.25) is 11.8 Å². The zero-order valence-corrected chi connectivity index (χ0v) is 16.4. The average molecular weight is 381 g/mol. The molecule has 1 atom stereocenters. The maximum Gasteiger partial charge on any atom is 0.237 e. The molecule has 0 unspecified atom stereocenters. The smallest absolute Gasteiger partial charge is 0.237 e. The first-order valence-corrected chi connectivity index (χ1v) is 9.87. The number of benzene rings is 1. The molecule has 0 bridgehead atoms. The Morgan fingerprint density at radius 1 is 1.29 bits per heavy atom. The van der Waals surface area contributed by atoms with Gasteiger partial charge in [0.15, 0.2) is 0 Å². The Labute approximate surface area is 165 Å². The number of aryl methyl sites for hydroxylation is 2. The van der Waals surface area contributed by atoms with Crippen LogP contribution in [0.15, 0.2) is 30.3 Å². The lowest BCUT2D eigenvalue weighted by atomic mass is 10.0. The summed E-state index contributed by atoms with van der Waals surface area (Å²) in [5.41, 5.74) is 4.58. The lowest BCUT2D eigenvalue weighted by Gasteiger charge is -2.38. The lowest BCUT2D eigenvalue weighted by Crippen LogP contribution is -2.59. The maximum absolute atomic E-state index is 12.5. The van der Waals surface area contributed by atoms with Gasteiger partial charge in [0, 0.05) is 31.9 Å². The number of carbonyl (C=O) groups excluding carboxylic acids is 2. The molecule has 28 heavy (non-hydrogen) atoms. The summed E-state index contributed by atoms with van der Waals surface area (Å²) in [6.45, 7) is 3.77. The molecule has 0 saturated carbocycles. The highest BCUT2D eigenvalue weighted by molar-refractivity contribution is 5.88. The van der Waals surface area contributed by atoms with Gasteiger partial charge in [-0.2, -0.15) is 5.10 Å². The predicted molar refractivity (Wildman–Crippen MR) is 106 cm³/mol. The number of rotatable bonds is 5. The summed E-state index contributed by atoms with van der Waals surface area (Å²) in [6, 6.07) is 10.3. The molecule has 0 radical (unpaired) electrons. The van der Waals surface area contributed by atoms with Crippen LogP contribution in [0.4, 0.5) is 0 Å². The predicted octanol–water partition coefficient (Wildman–Crippen LogP) is 0.703. The molecule has 2 N–H and O–H groups in total. The number of hydrogen-bond acceptors (Lipinski definition) is 4. The fraction of sp³-hybridized carbons (Fsp3) is 0.476. The van der Waals surface area contributed by atoms with E-state index in [1.807, 2.05) is 20.0 Å². The molecule has 1 aliphatic heterocycles. The van der Waals surface area contributed by atoms with Crippen LogP contribution in [-0.2, 0) is 36.0 Å².